The number of hydrogen-bond acceptors (Lipinski definition) is 3. The number of rotatable bonds is 5. The van der Waals surface area contributed by atoms with Crippen molar-refractivity contribution in [2.75, 3.05) is 19.6 Å². The minimum Gasteiger partial charge on any atom is -0.342 e. The predicted octanol–water partition coefficient (Wildman–Crippen LogP) is 3.69. The van der Waals surface area contributed by atoms with Crippen molar-refractivity contribution in [3.8, 4) is 0 Å². The molecule has 2 aromatic rings. The molecule has 2 aliphatic rings. The molecule has 4 rings (SSSR count). The number of piperidine rings is 2. The zero-order valence-electron chi connectivity index (χ0n) is 17.5. The van der Waals surface area contributed by atoms with Crippen molar-refractivity contribution < 1.29 is 18.8 Å². The number of carbonyl (C=O) groups is 3. The molecule has 2 amide bonds. The van der Waals surface area contributed by atoms with Gasteiger partial charge in [0.25, 0.3) is 0 Å². The van der Waals surface area contributed by atoms with Crippen molar-refractivity contribution in [2.45, 2.75) is 32.2 Å². The molecule has 5 nitrogen and oxygen atoms in total. The average molecular weight is 423 g/mol. The smallest absolute Gasteiger partial charge is 0.227 e. The molecule has 2 aliphatic heterocycles. The SMILES string of the molecule is O=C(c1ccccc1)C1CCN(C(=O)[C@@H]2CCC(=O)N(Cc3ccccc3F)C2)CC1. The molecule has 0 saturated carbocycles. The second-order valence-electron chi connectivity index (χ2n) is 8.43. The molecule has 0 spiro atoms. The van der Waals surface area contributed by atoms with Crippen LogP contribution in [0.2, 0.25) is 0 Å². The highest BCUT2D eigenvalue weighted by Gasteiger charge is 2.35. The third-order valence-corrected chi connectivity index (χ3v) is 6.40. The summed E-state index contributed by atoms with van der Waals surface area (Å²) in [6.07, 6.45) is 2.14. The van der Waals surface area contributed by atoms with Gasteiger partial charge in [-0.1, -0.05) is 48.5 Å². The van der Waals surface area contributed by atoms with Gasteiger partial charge in [0.15, 0.2) is 5.78 Å². The lowest BCUT2D eigenvalue weighted by Gasteiger charge is -2.37. The van der Waals surface area contributed by atoms with Gasteiger partial charge in [0.1, 0.15) is 5.82 Å². The standard InChI is InChI=1S/C25H27FN2O3/c26-22-9-5-4-8-20(22)16-28-17-21(10-11-23(28)29)25(31)27-14-12-19(13-15-27)24(30)18-6-2-1-3-7-18/h1-9,19,21H,10-17H2/t21-/m1/s1. The van der Waals surface area contributed by atoms with E-state index in [4.69, 9.17) is 0 Å². The number of amides is 2. The Morgan fingerprint density at radius 2 is 1.58 bits per heavy atom. The van der Waals surface area contributed by atoms with E-state index in [2.05, 4.69) is 0 Å². The van der Waals surface area contributed by atoms with Crippen molar-refractivity contribution in [1.29, 1.82) is 0 Å². The van der Waals surface area contributed by atoms with Crippen LogP contribution in [0.5, 0.6) is 0 Å². The van der Waals surface area contributed by atoms with Crippen LogP contribution in [0.1, 0.15) is 41.6 Å². The molecule has 31 heavy (non-hydrogen) atoms. The number of halogens is 1. The molecular weight excluding hydrogens is 395 g/mol. The second kappa shape index (κ2) is 9.41. The maximum Gasteiger partial charge on any atom is 0.227 e. The van der Waals surface area contributed by atoms with Crippen molar-refractivity contribution in [3.05, 3.63) is 71.5 Å². The lowest BCUT2D eigenvalue weighted by molar-refractivity contribution is -0.144. The van der Waals surface area contributed by atoms with Crippen molar-refractivity contribution >= 4 is 17.6 Å². The van der Waals surface area contributed by atoms with Crippen LogP contribution in [0.3, 0.4) is 0 Å². The molecular formula is C25H27FN2O3. The molecule has 0 bridgehead atoms. The van der Waals surface area contributed by atoms with E-state index in [0.717, 1.165) is 5.56 Å². The summed E-state index contributed by atoms with van der Waals surface area (Å²) in [6, 6.07) is 15.7. The number of ketones is 1. The zero-order chi connectivity index (χ0) is 21.8. The summed E-state index contributed by atoms with van der Waals surface area (Å²) in [5.41, 5.74) is 1.19. The lowest BCUT2D eigenvalue weighted by Crippen LogP contribution is -2.49. The minimum atomic E-state index is -0.339. The van der Waals surface area contributed by atoms with Gasteiger partial charge in [0.2, 0.25) is 11.8 Å². The fraction of sp³-hybridized carbons (Fsp3) is 0.400. The molecule has 0 N–H and O–H groups in total. The number of likely N-dealkylation sites (tertiary alicyclic amines) is 2. The van der Waals surface area contributed by atoms with E-state index in [9.17, 15) is 18.8 Å². The van der Waals surface area contributed by atoms with E-state index in [-0.39, 0.29) is 41.8 Å². The fourth-order valence-electron chi connectivity index (χ4n) is 4.56. The molecule has 0 aliphatic carbocycles. The molecule has 0 aromatic heterocycles. The van der Waals surface area contributed by atoms with Crippen LogP contribution >= 0.6 is 0 Å². The molecule has 2 heterocycles. The first-order chi connectivity index (χ1) is 15.0. The van der Waals surface area contributed by atoms with Gasteiger partial charge in [-0.15, -0.1) is 0 Å². The van der Waals surface area contributed by atoms with Gasteiger partial charge in [-0.3, -0.25) is 14.4 Å². The van der Waals surface area contributed by atoms with E-state index < -0.39 is 0 Å². The number of hydrogen-bond donors (Lipinski definition) is 0. The molecule has 6 heteroatoms. The Morgan fingerprint density at radius 1 is 0.903 bits per heavy atom. The summed E-state index contributed by atoms with van der Waals surface area (Å²) >= 11 is 0. The monoisotopic (exact) mass is 422 g/mol. The average Bonchev–Trinajstić information content (AvgIpc) is 2.81. The van der Waals surface area contributed by atoms with E-state index in [0.29, 0.717) is 50.9 Å². The van der Waals surface area contributed by atoms with Gasteiger partial charge in [-0.25, -0.2) is 4.39 Å². The molecule has 2 fully saturated rings. The van der Waals surface area contributed by atoms with E-state index >= 15 is 0 Å². The first kappa shape index (κ1) is 21.2. The molecule has 2 aromatic carbocycles. The van der Waals surface area contributed by atoms with Crippen LogP contribution in [0, 0.1) is 17.7 Å². The zero-order valence-corrected chi connectivity index (χ0v) is 17.5. The summed E-state index contributed by atoms with van der Waals surface area (Å²) in [6.45, 7) is 1.61. The topological polar surface area (TPSA) is 57.7 Å². The van der Waals surface area contributed by atoms with Gasteiger partial charge in [0.05, 0.1) is 5.92 Å². The number of benzene rings is 2. The number of nitrogens with zero attached hydrogens (tertiary/aromatic N) is 2. The second-order valence-corrected chi connectivity index (χ2v) is 8.43. The highest BCUT2D eigenvalue weighted by Crippen LogP contribution is 2.26. The van der Waals surface area contributed by atoms with Crippen molar-refractivity contribution in [3.63, 3.8) is 0 Å². The van der Waals surface area contributed by atoms with Crippen LogP contribution in [0.25, 0.3) is 0 Å². The van der Waals surface area contributed by atoms with Crippen LogP contribution in [-0.4, -0.2) is 47.0 Å². The van der Waals surface area contributed by atoms with E-state index in [1.165, 1.54) is 6.07 Å². The van der Waals surface area contributed by atoms with Crippen molar-refractivity contribution in [1.82, 2.24) is 9.80 Å². The molecule has 162 valence electrons. The number of Topliss-reactive ketones (excluding diaryl/α,β-unsaturated/α-hetero) is 1. The van der Waals surface area contributed by atoms with Gasteiger partial charge >= 0.3 is 0 Å². The maximum absolute atomic E-state index is 14.0. The van der Waals surface area contributed by atoms with E-state index in [1.54, 1.807) is 23.1 Å². The normalized spacial score (nSPS) is 20.0. The predicted molar refractivity (Wildman–Crippen MR) is 115 cm³/mol. The minimum absolute atomic E-state index is 0.0386. The van der Waals surface area contributed by atoms with E-state index in [1.807, 2.05) is 35.2 Å². The highest BCUT2D eigenvalue weighted by atomic mass is 19.1. The largest absolute Gasteiger partial charge is 0.342 e. The summed E-state index contributed by atoms with van der Waals surface area (Å²) < 4.78 is 14.0. The Balaban J connectivity index is 1.34. The highest BCUT2D eigenvalue weighted by molar-refractivity contribution is 5.98. The molecule has 0 unspecified atom stereocenters. The Hall–Kier alpha value is -3.02. The lowest BCUT2D eigenvalue weighted by atomic mass is 9.87. The fourth-order valence-corrected chi connectivity index (χ4v) is 4.56. The van der Waals surface area contributed by atoms with Crippen LogP contribution < -0.4 is 0 Å². The molecule has 2 saturated heterocycles. The Labute approximate surface area is 181 Å². The first-order valence-electron chi connectivity index (χ1n) is 10.9. The summed E-state index contributed by atoms with van der Waals surface area (Å²) in [4.78, 5) is 41.6. The van der Waals surface area contributed by atoms with Crippen LogP contribution in [-0.2, 0) is 16.1 Å². The third kappa shape index (κ3) is 4.84. The Kier molecular flexibility index (Phi) is 6.44. The van der Waals surface area contributed by atoms with Crippen LogP contribution in [0.15, 0.2) is 54.6 Å². The maximum atomic E-state index is 14.0. The summed E-state index contributed by atoms with van der Waals surface area (Å²) in [5.74, 6) is -0.528. The van der Waals surface area contributed by atoms with Gasteiger partial charge in [-0.2, -0.15) is 0 Å². The molecule has 1 atom stereocenters. The number of carbonyl (C=O) groups excluding carboxylic acids is 3. The quantitative estimate of drug-likeness (QED) is 0.691. The summed E-state index contributed by atoms with van der Waals surface area (Å²) in [7, 11) is 0. The van der Waals surface area contributed by atoms with Gasteiger partial charge in [0, 0.05) is 49.6 Å². The first-order valence-corrected chi connectivity index (χ1v) is 10.9. The Bertz CT molecular complexity index is 954. The van der Waals surface area contributed by atoms with Crippen molar-refractivity contribution in [2.24, 2.45) is 11.8 Å². The van der Waals surface area contributed by atoms with Gasteiger partial charge in [-0.05, 0) is 25.3 Å². The van der Waals surface area contributed by atoms with Crippen LogP contribution in [0.4, 0.5) is 4.39 Å². The van der Waals surface area contributed by atoms with Gasteiger partial charge < -0.3 is 9.80 Å². The summed E-state index contributed by atoms with van der Waals surface area (Å²) in [5, 5.41) is 0. The third-order valence-electron chi connectivity index (χ3n) is 6.40. The molecule has 0 radical (unpaired) electrons. The Morgan fingerprint density at radius 3 is 2.29 bits per heavy atom.